The highest BCUT2D eigenvalue weighted by Crippen LogP contribution is 2.27. The summed E-state index contributed by atoms with van der Waals surface area (Å²) in [6.07, 6.45) is -0.0105. The molecule has 2 N–H and O–H groups in total. The fraction of sp³-hybridized carbons (Fsp3) is 0.500. The van der Waals surface area contributed by atoms with Crippen molar-refractivity contribution in [2.75, 3.05) is 13.7 Å². The van der Waals surface area contributed by atoms with Gasteiger partial charge in [-0.05, 0) is 32.0 Å². The van der Waals surface area contributed by atoms with Crippen LogP contribution >= 0.6 is 11.6 Å². The lowest BCUT2D eigenvalue weighted by atomic mass is 10.1. The fourth-order valence-corrected chi connectivity index (χ4v) is 1.65. The Kier molecular flexibility index (Phi) is 5.06. The van der Waals surface area contributed by atoms with Crippen LogP contribution in [0.5, 0.6) is 5.75 Å². The second-order valence-electron chi connectivity index (χ2n) is 3.85. The van der Waals surface area contributed by atoms with Gasteiger partial charge in [-0.3, -0.25) is 0 Å². The molecule has 1 aromatic rings. The highest BCUT2D eigenvalue weighted by Gasteiger charge is 2.11. The first-order valence-corrected chi connectivity index (χ1v) is 5.63. The summed E-state index contributed by atoms with van der Waals surface area (Å²) in [6.45, 7) is 4.39. The van der Waals surface area contributed by atoms with Crippen LogP contribution in [-0.4, -0.2) is 19.8 Å². The standard InChI is InChI=1S/C12H18ClNO2/c1-8(7-15-3)16-12-5-4-10(13)6-11(12)9(2)14/h4-6,8-9H,7,14H2,1-3H3/t8?,9-/m1/s1. The smallest absolute Gasteiger partial charge is 0.124 e. The lowest BCUT2D eigenvalue weighted by Crippen LogP contribution is -2.19. The van der Waals surface area contributed by atoms with Crippen LogP contribution in [0, 0.1) is 0 Å². The van der Waals surface area contributed by atoms with E-state index in [1.165, 1.54) is 0 Å². The summed E-state index contributed by atoms with van der Waals surface area (Å²) in [6, 6.07) is 5.36. The molecule has 0 aliphatic heterocycles. The Bertz CT molecular complexity index is 342. The lowest BCUT2D eigenvalue weighted by Gasteiger charge is -2.18. The van der Waals surface area contributed by atoms with Crippen LogP contribution in [0.1, 0.15) is 25.5 Å². The van der Waals surface area contributed by atoms with Gasteiger partial charge in [0.15, 0.2) is 0 Å². The molecule has 0 radical (unpaired) electrons. The zero-order valence-corrected chi connectivity index (χ0v) is 10.6. The maximum absolute atomic E-state index is 5.92. The van der Waals surface area contributed by atoms with E-state index >= 15 is 0 Å². The first kappa shape index (κ1) is 13.3. The van der Waals surface area contributed by atoms with Crippen LogP contribution in [0.25, 0.3) is 0 Å². The Morgan fingerprint density at radius 3 is 2.62 bits per heavy atom. The highest BCUT2D eigenvalue weighted by atomic mass is 35.5. The number of ether oxygens (including phenoxy) is 2. The van der Waals surface area contributed by atoms with Crippen LogP contribution < -0.4 is 10.5 Å². The van der Waals surface area contributed by atoms with Crippen molar-refractivity contribution in [2.24, 2.45) is 5.73 Å². The third-order valence-electron chi connectivity index (χ3n) is 2.19. The maximum Gasteiger partial charge on any atom is 0.124 e. The third kappa shape index (κ3) is 3.67. The summed E-state index contributed by atoms with van der Waals surface area (Å²) in [7, 11) is 1.65. The zero-order chi connectivity index (χ0) is 12.1. The van der Waals surface area contributed by atoms with Gasteiger partial charge in [-0.15, -0.1) is 0 Å². The minimum atomic E-state index is -0.108. The van der Waals surface area contributed by atoms with E-state index < -0.39 is 0 Å². The van der Waals surface area contributed by atoms with Crippen molar-refractivity contribution in [3.8, 4) is 5.75 Å². The molecule has 0 spiro atoms. The largest absolute Gasteiger partial charge is 0.488 e. The second kappa shape index (κ2) is 6.09. The molecule has 90 valence electrons. The van der Waals surface area contributed by atoms with Crippen LogP contribution in [0.4, 0.5) is 0 Å². The van der Waals surface area contributed by atoms with E-state index in [-0.39, 0.29) is 12.1 Å². The molecule has 0 bridgehead atoms. The summed E-state index contributed by atoms with van der Waals surface area (Å²) in [5.41, 5.74) is 6.78. The monoisotopic (exact) mass is 243 g/mol. The van der Waals surface area contributed by atoms with E-state index in [2.05, 4.69) is 0 Å². The molecule has 0 aromatic heterocycles. The van der Waals surface area contributed by atoms with E-state index in [0.29, 0.717) is 11.6 Å². The topological polar surface area (TPSA) is 44.5 Å². The van der Waals surface area contributed by atoms with Crippen molar-refractivity contribution in [1.29, 1.82) is 0 Å². The van der Waals surface area contributed by atoms with Gasteiger partial charge in [0.2, 0.25) is 0 Å². The minimum Gasteiger partial charge on any atom is -0.488 e. The molecular weight excluding hydrogens is 226 g/mol. The van der Waals surface area contributed by atoms with E-state index in [1.54, 1.807) is 13.2 Å². The van der Waals surface area contributed by atoms with Crippen LogP contribution in [0.3, 0.4) is 0 Å². The highest BCUT2D eigenvalue weighted by molar-refractivity contribution is 6.30. The van der Waals surface area contributed by atoms with Gasteiger partial charge in [-0.25, -0.2) is 0 Å². The number of halogens is 1. The number of rotatable bonds is 5. The molecule has 1 unspecified atom stereocenters. The molecule has 3 nitrogen and oxygen atoms in total. The van der Waals surface area contributed by atoms with Crippen LogP contribution in [0.2, 0.25) is 5.02 Å². The van der Waals surface area contributed by atoms with Crippen molar-refractivity contribution in [2.45, 2.75) is 26.0 Å². The van der Waals surface area contributed by atoms with Gasteiger partial charge < -0.3 is 15.2 Å². The Labute approximate surface area is 101 Å². The van der Waals surface area contributed by atoms with Gasteiger partial charge >= 0.3 is 0 Å². The molecule has 0 heterocycles. The zero-order valence-electron chi connectivity index (χ0n) is 9.87. The van der Waals surface area contributed by atoms with E-state index in [9.17, 15) is 0 Å². The minimum absolute atomic E-state index is 0.0105. The summed E-state index contributed by atoms with van der Waals surface area (Å²) in [5, 5.41) is 0.666. The summed E-state index contributed by atoms with van der Waals surface area (Å²) >= 11 is 5.92. The summed E-state index contributed by atoms with van der Waals surface area (Å²) in [4.78, 5) is 0. The Morgan fingerprint density at radius 2 is 2.06 bits per heavy atom. The molecule has 1 rings (SSSR count). The van der Waals surface area contributed by atoms with Gasteiger partial charge in [0.05, 0.1) is 6.61 Å². The van der Waals surface area contributed by atoms with Crippen LogP contribution in [-0.2, 0) is 4.74 Å². The van der Waals surface area contributed by atoms with E-state index in [1.807, 2.05) is 26.0 Å². The molecule has 0 saturated carbocycles. The molecule has 0 aliphatic rings. The van der Waals surface area contributed by atoms with Crippen molar-refractivity contribution in [3.63, 3.8) is 0 Å². The first-order chi connectivity index (χ1) is 7.54. The lowest BCUT2D eigenvalue weighted by molar-refractivity contribution is 0.0912. The Hall–Kier alpha value is -0.770. The average Bonchev–Trinajstić information content (AvgIpc) is 2.20. The van der Waals surface area contributed by atoms with Gasteiger partial charge in [0.25, 0.3) is 0 Å². The molecule has 16 heavy (non-hydrogen) atoms. The normalized spacial score (nSPS) is 14.6. The predicted octanol–water partition coefficient (Wildman–Crippen LogP) is 2.77. The maximum atomic E-state index is 5.92. The van der Waals surface area contributed by atoms with Crippen molar-refractivity contribution in [1.82, 2.24) is 0 Å². The van der Waals surface area contributed by atoms with Crippen LogP contribution in [0.15, 0.2) is 18.2 Å². The van der Waals surface area contributed by atoms with Gasteiger partial charge in [-0.2, -0.15) is 0 Å². The summed E-state index contributed by atoms with van der Waals surface area (Å²) in [5.74, 6) is 0.768. The van der Waals surface area contributed by atoms with Gasteiger partial charge in [0, 0.05) is 23.7 Å². The van der Waals surface area contributed by atoms with E-state index in [0.717, 1.165) is 11.3 Å². The number of benzene rings is 1. The van der Waals surface area contributed by atoms with Gasteiger partial charge in [-0.1, -0.05) is 11.6 Å². The van der Waals surface area contributed by atoms with Crippen molar-refractivity contribution in [3.05, 3.63) is 28.8 Å². The van der Waals surface area contributed by atoms with Crippen molar-refractivity contribution >= 4 is 11.6 Å². The first-order valence-electron chi connectivity index (χ1n) is 5.25. The molecule has 0 saturated heterocycles. The molecular formula is C12H18ClNO2. The number of nitrogens with two attached hydrogens (primary N) is 1. The Balaban J connectivity index is 2.86. The molecule has 2 atom stereocenters. The predicted molar refractivity (Wildman–Crippen MR) is 66.0 cm³/mol. The third-order valence-corrected chi connectivity index (χ3v) is 2.43. The molecule has 0 amide bonds. The SMILES string of the molecule is COCC(C)Oc1ccc(Cl)cc1[C@@H](C)N. The summed E-state index contributed by atoms with van der Waals surface area (Å²) < 4.78 is 10.8. The quantitative estimate of drug-likeness (QED) is 0.865. The second-order valence-corrected chi connectivity index (χ2v) is 4.29. The number of hydrogen-bond acceptors (Lipinski definition) is 3. The molecule has 0 fully saturated rings. The number of hydrogen-bond donors (Lipinski definition) is 1. The molecule has 1 aromatic carbocycles. The molecule has 0 aliphatic carbocycles. The van der Waals surface area contributed by atoms with Crippen molar-refractivity contribution < 1.29 is 9.47 Å². The van der Waals surface area contributed by atoms with Gasteiger partial charge in [0.1, 0.15) is 11.9 Å². The molecule has 4 heteroatoms. The van der Waals surface area contributed by atoms with E-state index in [4.69, 9.17) is 26.8 Å². The average molecular weight is 244 g/mol. The Morgan fingerprint density at radius 1 is 1.38 bits per heavy atom. The fourth-order valence-electron chi connectivity index (χ4n) is 1.47. The number of methoxy groups -OCH3 is 1.